The van der Waals surface area contributed by atoms with Gasteiger partial charge in [0.15, 0.2) is 0 Å². The Balaban J connectivity index is 1.20. The number of hydrogen-bond acceptors (Lipinski definition) is 6. The van der Waals surface area contributed by atoms with Gasteiger partial charge in [-0.3, -0.25) is 19.7 Å². The predicted octanol–water partition coefficient (Wildman–Crippen LogP) is 1.75. The minimum absolute atomic E-state index is 0.133. The van der Waals surface area contributed by atoms with Crippen LogP contribution >= 0.6 is 0 Å². The SMILES string of the molecule is O=C1CCC(N2Cc3cc(CN4CCCc5ccc(OC6CNC6)cc54)ccc3C2=O)C(=O)N1. The summed E-state index contributed by atoms with van der Waals surface area (Å²) >= 11 is 0. The molecule has 2 N–H and O–H groups in total. The highest BCUT2D eigenvalue weighted by Gasteiger charge is 2.39. The van der Waals surface area contributed by atoms with Crippen molar-refractivity contribution in [1.82, 2.24) is 15.5 Å². The summed E-state index contributed by atoms with van der Waals surface area (Å²) in [6, 6.07) is 11.8. The molecule has 2 aromatic rings. The minimum Gasteiger partial charge on any atom is -0.488 e. The summed E-state index contributed by atoms with van der Waals surface area (Å²) in [6.07, 6.45) is 3.06. The third-order valence-corrected chi connectivity index (χ3v) is 7.28. The van der Waals surface area contributed by atoms with Crippen LogP contribution in [0.2, 0.25) is 0 Å². The number of carbonyl (C=O) groups excluding carboxylic acids is 3. The zero-order valence-corrected chi connectivity index (χ0v) is 19.0. The first-order valence-electron chi connectivity index (χ1n) is 12.1. The van der Waals surface area contributed by atoms with Gasteiger partial charge in [0.05, 0.1) is 0 Å². The van der Waals surface area contributed by atoms with Gasteiger partial charge in [-0.05, 0) is 48.1 Å². The second-order valence-electron chi connectivity index (χ2n) is 9.61. The second-order valence-corrected chi connectivity index (χ2v) is 9.61. The summed E-state index contributed by atoms with van der Waals surface area (Å²) in [5, 5.41) is 5.60. The Morgan fingerprint density at radius 1 is 1.00 bits per heavy atom. The van der Waals surface area contributed by atoms with Gasteiger partial charge in [0, 0.05) is 56.5 Å². The van der Waals surface area contributed by atoms with E-state index < -0.39 is 6.04 Å². The maximum Gasteiger partial charge on any atom is 0.255 e. The highest BCUT2D eigenvalue weighted by molar-refractivity contribution is 6.05. The molecule has 0 bridgehead atoms. The lowest BCUT2D eigenvalue weighted by atomic mass is 9.99. The predicted molar refractivity (Wildman–Crippen MR) is 126 cm³/mol. The van der Waals surface area contributed by atoms with E-state index in [-0.39, 0.29) is 30.2 Å². The van der Waals surface area contributed by atoms with Crippen molar-refractivity contribution in [3.63, 3.8) is 0 Å². The van der Waals surface area contributed by atoms with Crippen molar-refractivity contribution in [3.8, 4) is 5.75 Å². The molecule has 34 heavy (non-hydrogen) atoms. The number of imide groups is 1. The van der Waals surface area contributed by atoms with Crippen LogP contribution in [0.5, 0.6) is 5.75 Å². The van der Waals surface area contributed by atoms with Crippen molar-refractivity contribution in [2.24, 2.45) is 0 Å². The number of anilines is 1. The molecule has 8 nitrogen and oxygen atoms in total. The number of carbonyl (C=O) groups is 3. The molecule has 2 aromatic carbocycles. The molecule has 4 heterocycles. The lowest BCUT2D eigenvalue weighted by molar-refractivity contribution is -0.136. The fourth-order valence-corrected chi connectivity index (χ4v) is 5.35. The largest absolute Gasteiger partial charge is 0.488 e. The van der Waals surface area contributed by atoms with Crippen LogP contribution in [0.3, 0.4) is 0 Å². The van der Waals surface area contributed by atoms with E-state index in [1.807, 2.05) is 12.1 Å². The van der Waals surface area contributed by atoms with E-state index in [0.29, 0.717) is 18.5 Å². The Labute approximate surface area is 198 Å². The van der Waals surface area contributed by atoms with Crippen molar-refractivity contribution < 1.29 is 19.1 Å². The molecule has 0 radical (unpaired) electrons. The van der Waals surface area contributed by atoms with Crippen molar-refractivity contribution in [2.75, 3.05) is 24.5 Å². The fraction of sp³-hybridized carbons (Fsp3) is 0.423. The molecule has 0 saturated carbocycles. The maximum absolute atomic E-state index is 13.0. The Kier molecular flexibility index (Phi) is 5.25. The zero-order chi connectivity index (χ0) is 23.2. The normalized spacial score (nSPS) is 22.2. The number of piperidine rings is 1. The molecule has 0 aliphatic carbocycles. The number of amides is 3. The molecule has 4 aliphatic rings. The number of benzene rings is 2. The molecule has 0 spiro atoms. The molecule has 6 rings (SSSR count). The van der Waals surface area contributed by atoms with E-state index in [1.165, 1.54) is 11.3 Å². The minimum atomic E-state index is -0.584. The molecule has 8 heteroatoms. The van der Waals surface area contributed by atoms with E-state index in [2.05, 4.69) is 39.8 Å². The lowest BCUT2D eigenvalue weighted by Crippen LogP contribution is -2.52. The summed E-state index contributed by atoms with van der Waals surface area (Å²) in [6.45, 7) is 3.91. The van der Waals surface area contributed by atoms with Gasteiger partial charge >= 0.3 is 0 Å². The summed E-state index contributed by atoms with van der Waals surface area (Å²) in [4.78, 5) is 40.8. The Morgan fingerprint density at radius 2 is 1.88 bits per heavy atom. The van der Waals surface area contributed by atoms with Crippen LogP contribution in [-0.4, -0.2) is 54.4 Å². The van der Waals surface area contributed by atoms with Gasteiger partial charge in [0.1, 0.15) is 17.9 Å². The summed E-state index contributed by atoms with van der Waals surface area (Å²) in [7, 11) is 0. The third kappa shape index (κ3) is 3.81. The number of hydrogen-bond donors (Lipinski definition) is 2. The highest BCUT2D eigenvalue weighted by atomic mass is 16.5. The van der Waals surface area contributed by atoms with Crippen molar-refractivity contribution in [2.45, 2.75) is 50.9 Å². The molecule has 1 unspecified atom stereocenters. The lowest BCUT2D eigenvalue weighted by Gasteiger charge is -2.33. The molecular formula is C26H28N4O4. The van der Waals surface area contributed by atoms with E-state index in [4.69, 9.17) is 4.74 Å². The monoisotopic (exact) mass is 460 g/mol. The smallest absolute Gasteiger partial charge is 0.255 e. The van der Waals surface area contributed by atoms with Crippen LogP contribution in [0, 0.1) is 0 Å². The first-order chi connectivity index (χ1) is 16.5. The number of aryl methyl sites for hydroxylation is 1. The summed E-state index contributed by atoms with van der Waals surface area (Å²) in [5.41, 5.74) is 5.29. The van der Waals surface area contributed by atoms with Crippen LogP contribution < -0.4 is 20.3 Å². The first kappa shape index (κ1) is 21.2. The molecule has 2 fully saturated rings. The van der Waals surface area contributed by atoms with E-state index in [0.717, 1.165) is 55.9 Å². The zero-order valence-electron chi connectivity index (χ0n) is 19.0. The number of nitrogens with zero attached hydrogens (tertiary/aromatic N) is 2. The molecule has 0 aromatic heterocycles. The molecule has 4 aliphatic heterocycles. The van der Waals surface area contributed by atoms with Crippen LogP contribution in [-0.2, 0) is 29.1 Å². The average molecular weight is 461 g/mol. The Morgan fingerprint density at radius 3 is 2.68 bits per heavy atom. The number of ether oxygens (including phenoxy) is 1. The van der Waals surface area contributed by atoms with Crippen LogP contribution in [0.4, 0.5) is 5.69 Å². The van der Waals surface area contributed by atoms with Gasteiger partial charge in [-0.2, -0.15) is 0 Å². The molecule has 3 amide bonds. The molecule has 176 valence electrons. The fourth-order valence-electron chi connectivity index (χ4n) is 5.35. The maximum atomic E-state index is 13.0. The summed E-state index contributed by atoms with van der Waals surface area (Å²) in [5.74, 6) is 0.133. The number of rotatable bonds is 5. The van der Waals surface area contributed by atoms with E-state index >= 15 is 0 Å². The second kappa shape index (κ2) is 8.43. The standard InChI is InChI=1S/C26H28N4O4/c31-24-8-7-22(25(32)28-24)30-15-18-10-16(3-6-21(18)26(30)33)14-29-9-1-2-17-4-5-19(11-23(17)29)34-20-12-27-13-20/h3-6,10-11,20,22,27H,1-2,7-9,12-15H2,(H,28,31,32). The van der Waals surface area contributed by atoms with Gasteiger partial charge in [-0.25, -0.2) is 0 Å². The van der Waals surface area contributed by atoms with Gasteiger partial charge in [-0.1, -0.05) is 18.2 Å². The van der Waals surface area contributed by atoms with E-state index in [1.54, 1.807) is 4.90 Å². The first-order valence-corrected chi connectivity index (χ1v) is 12.1. The van der Waals surface area contributed by atoms with Gasteiger partial charge in [0.25, 0.3) is 5.91 Å². The van der Waals surface area contributed by atoms with Crippen LogP contribution in [0.1, 0.15) is 46.3 Å². The van der Waals surface area contributed by atoms with Gasteiger partial charge in [-0.15, -0.1) is 0 Å². The highest BCUT2D eigenvalue weighted by Crippen LogP contribution is 2.34. The Bertz CT molecular complexity index is 1180. The van der Waals surface area contributed by atoms with Crippen molar-refractivity contribution in [3.05, 3.63) is 58.7 Å². The third-order valence-electron chi connectivity index (χ3n) is 7.28. The number of nitrogens with one attached hydrogen (secondary N) is 2. The van der Waals surface area contributed by atoms with Crippen LogP contribution in [0.25, 0.3) is 0 Å². The van der Waals surface area contributed by atoms with Gasteiger partial charge < -0.3 is 19.9 Å². The quantitative estimate of drug-likeness (QED) is 0.661. The summed E-state index contributed by atoms with van der Waals surface area (Å²) < 4.78 is 6.09. The Hall–Kier alpha value is -3.39. The molecular weight excluding hydrogens is 432 g/mol. The molecule has 2 saturated heterocycles. The average Bonchev–Trinajstić information content (AvgIpc) is 3.12. The topological polar surface area (TPSA) is 91.0 Å². The van der Waals surface area contributed by atoms with Gasteiger partial charge in [0.2, 0.25) is 11.8 Å². The number of fused-ring (bicyclic) bond motifs is 2. The molecule has 1 atom stereocenters. The van der Waals surface area contributed by atoms with Crippen molar-refractivity contribution in [1.29, 1.82) is 0 Å². The van der Waals surface area contributed by atoms with Crippen LogP contribution in [0.15, 0.2) is 36.4 Å². The van der Waals surface area contributed by atoms with E-state index in [9.17, 15) is 14.4 Å². The van der Waals surface area contributed by atoms with Crippen molar-refractivity contribution >= 4 is 23.4 Å².